The van der Waals surface area contributed by atoms with Gasteiger partial charge in [-0.1, -0.05) is 32.1 Å². The molecule has 0 aromatic rings. The first-order valence-electron chi connectivity index (χ1n) is 7.60. The minimum Gasteiger partial charge on any atom is -0.374 e. The summed E-state index contributed by atoms with van der Waals surface area (Å²) >= 11 is 0. The van der Waals surface area contributed by atoms with E-state index in [0.29, 0.717) is 12.3 Å². The molecule has 1 fully saturated rings. The van der Waals surface area contributed by atoms with E-state index in [1.165, 1.54) is 0 Å². The summed E-state index contributed by atoms with van der Waals surface area (Å²) in [7, 11) is 0. The number of carbonyl (C=O) groups excluding carboxylic acids is 1. The zero-order valence-electron chi connectivity index (χ0n) is 12.6. The predicted octanol–water partition coefficient (Wildman–Crippen LogP) is 3.71. The summed E-state index contributed by atoms with van der Waals surface area (Å²) < 4.78 is 74.6. The van der Waals surface area contributed by atoms with Crippen molar-refractivity contribution in [3.05, 3.63) is 0 Å². The lowest BCUT2D eigenvalue weighted by Crippen LogP contribution is -2.58. The van der Waals surface area contributed by atoms with Gasteiger partial charge in [-0.3, -0.25) is 4.79 Å². The van der Waals surface area contributed by atoms with Gasteiger partial charge in [0.2, 0.25) is 5.91 Å². The topological polar surface area (TPSA) is 49.3 Å². The molecule has 0 spiro atoms. The highest BCUT2D eigenvalue weighted by Gasteiger charge is 2.69. The van der Waals surface area contributed by atoms with E-state index in [1.807, 2.05) is 5.32 Å². The van der Waals surface area contributed by atoms with Gasteiger partial charge in [-0.25, -0.2) is 0 Å². The normalized spacial score (nSPS) is 18.0. The molecule has 1 rings (SSSR count). The molecule has 2 N–H and O–H groups in total. The average molecular weight is 349 g/mol. The molecule has 9 heteroatoms. The van der Waals surface area contributed by atoms with Crippen LogP contribution in [-0.2, 0) is 4.79 Å². The zero-order valence-corrected chi connectivity index (χ0v) is 12.6. The van der Waals surface area contributed by atoms with Crippen LogP contribution >= 0.6 is 0 Å². The van der Waals surface area contributed by atoms with Gasteiger partial charge in [0, 0.05) is 19.4 Å². The van der Waals surface area contributed by atoms with E-state index in [0.717, 1.165) is 32.1 Å². The van der Waals surface area contributed by atoms with E-state index in [-0.39, 0.29) is 6.42 Å². The third kappa shape index (κ3) is 5.54. The summed E-state index contributed by atoms with van der Waals surface area (Å²) in [5, 5.41) is 11.0. The fourth-order valence-electron chi connectivity index (χ4n) is 2.73. The Balaban J connectivity index is 2.39. The maximum absolute atomic E-state index is 12.4. The van der Waals surface area contributed by atoms with Crippen molar-refractivity contribution >= 4 is 5.91 Å². The van der Waals surface area contributed by atoms with Gasteiger partial charge in [0.15, 0.2) is 0 Å². The molecular formula is C14H21F6NO2. The number of hydrogen-bond acceptors (Lipinski definition) is 2. The van der Waals surface area contributed by atoms with E-state index in [1.54, 1.807) is 0 Å². The van der Waals surface area contributed by atoms with Crippen molar-refractivity contribution in [2.45, 2.75) is 69.3 Å². The molecule has 0 heterocycles. The van der Waals surface area contributed by atoms with Crippen molar-refractivity contribution in [3.63, 3.8) is 0 Å². The van der Waals surface area contributed by atoms with Crippen LogP contribution in [0.25, 0.3) is 0 Å². The van der Waals surface area contributed by atoms with Crippen LogP contribution in [0.4, 0.5) is 26.3 Å². The third-order valence-corrected chi connectivity index (χ3v) is 4.25. The number of halogens is 6. The number of nitrogens with one attached hydrogen (secondary N) is 1. The van der Waals surface area contributed by atoms with Crippen molar-refractivity contribution in [2.24, 2.45) is 5.92 Å². The minimum absolute atomic E-state index is 0.0706. The highest BCUT2D eigenvalue weighted by atomic mass is 19.4. The third-order valence-electron chi connectivity index (χ3n) is 4.25. The second kappa shape index (κ2) is 7.72. The number of aliphatic hydroxyl groups is 1. The van der Waals surface area contributed by atoms with Gasteiger partial charge in [0.05, 0.1) is 0 Å². The zero-order chi connectivity index (χ0) is 17.7. The van der Waals surface area contributed by atoms with Crippen LogP contribution < -0.4 is 5.32 Å². The molecule has 3 nitrogen and oxygen atoms in total. The molecule has 0 atom stereocenters. The lowest BCUT2D eigenvalue weighted by molar-refractivity contribution is -0.369. The van der Waals surface area contributed by atoms with Crippen LogP contribution in [0, 0.1) is 5.92 Å². The summed E-state index contributed by atoms with van der Waals surface area (Å²) in [5.41, 5.74) is -4.81. The van der Waals surface area contributed by atoms with E-state index in [2.05, 4.69) is 0 Å². The summed E-state index contributed by atoms with van der Waals surface area (Å²) in [4.78, 5) is 11.5. The van der Waals surface area contributed by atoms with Gasteiger partial charge in [-0.15, -0.1) is 0 Å². The molecule has 136 valence electrons. The standard InChI is InChI=1S/C14H21F6NO2/c15-13(16,17)12(23,14(18,19)20)8-9-21-11(22)7-6-10-4-2-1-3-5-10/h10,23H,1-9H2,(H,21,22). The van der Waals surface area contributed by atoms with Crippen molar-refractivity contribution in [1.29, 1.82) is 0 Å². The molecule has 1 aliphatic rings. The quantitative estimate of drug-likeness (QED) is 0.718. The molecule has 1 saturated carbocycles. The monoisotopic (exact) mass is 349 g/mol. The van der Waals surface area contributed by atoms with E-state index in [9.17, 15) is 31.1 Å². The molecule has 23 heavy (non-hydrogen) atoms. The SMILES string of the molecule is O=C(CCC1CCCCC1)NCCC(O)(C(F)(F)F)C(F)(F)F. The number of carbonyl (C=O) groups is 1. The summed E-state index contributed by atoms with van der Waals surface area (Å²) in [6, 6.07) is 0. The van der Waals surface area contributed by atoms with Gasteiger partial charge in [-0.2, -0.15) is 26.3 Å². The van der Waals surface area contributed by atoms with Crippen LogP contribution in [0.1, 0.15) is 51.4 Å². The summed E-state index contributed by atoms with van der Waals surface area (Å²) in [6.45, 7) is -0.890. The number of rotatable bonds is 6. The van der Waals surface area contributed by atoms with Crippen molar-refractivity contribution in [1.82, 2.24) is 5.32 Å². The van der Waals surface area contributed by atoms with E-state index >= 15 is 0 Å². The molecule has 0 unspecified atom stereocenters. The smallest absolute Gasteiger partial charge is 0.374 e. The Morgan fingerprint density at radius 3 is 2.00 bits per heavy atom. The van der Waals surface area contributed by atoms with E-state index in [4.69, 9.17) is 5.11 Å². The molecule has 0 bridgehead atoms. The Bertz CT molecular complexity index is 374. The highest BCUT2D eigenvalue weighted by molar-refractivity contribution is 5.75. The highest BCUT2D eigenvalue weighted by Crippen LogP contribution is 2.44. The Morgan fingerprint density at radius 1 is 1.00 bits per heavy atom. The molecule has 0 radical (unpaired) electrons. The van der Waals surface area contributed by atoms with Crippen molar-refractivity contribution in [2.75, 3.05) is 6.54 Å². The molecular weight excluding hydrogens is 328 g/mol. The number of amides is 1. The fourth-order valence-corrected chi connectivity index (χ4v) is 2.73. The summed E-state index contributed by atoms with van der Waals surface area (Å²) in [6.07, 6.45) is -7.41. The minimum atomic E-state index is -5.85. The van der Waals surface area contributed by atoms with Crippen LogP contribution in [0.3, 0.4) is 0 Å². The molecule has 0 aromatic carbocycles. The lowest BCUT2D eigenvalue weighted by atomic mass is 9.86. The Labute approximate surface area is 130 Å². The maximum Gasteiger partial charge on any atom is 0.426 e. The second-order valence-electron chi connectivity index (χ2n) is 6.00. The number of alkyl halides is 6. The van der Waals surface area contributed by atoms with Gasteiger partial charge < -0.3 is 10.4 Å². The largest absolute Gasteiger partial charge is 0.426 e. The molecule has 0 aromatic heterocycles. The van der Waals surface area contributed by atoms with Crippen LogP contribution in [-0.4, -0.2) is 35.5 Å². The maximum atomic E-state index is 12.4. The van der Waals surface area contributed by atoms with Crippen molar-refractivity contribution < 1.29 is 36.2 Å². The Kier molecular flexibility index (Phi) is 6.73. The van der Waals surface area contributed by atoms with E-state index < -0.39 is 36.8 Å². The van der Waals surface area contributed by atoms with Gasteiger partial charge in [0.25, 0.3) is 5.60 Å². The fraction of sp³-hybridized carbons (Fsp3) is 0.929. The van der Waals surface area contributed by atoms with Crippen LogP contribution in [0.5, 0.6) is 0 Å². The average Bonchev–Trinajstić information content (AvgIpc) is 2.43. The van der Waals surface area contributed by atoms with Gasteiger partial charge in [0.1, 0.15) is 0 Å². The first-order chi connectivity index (χ1) is 10.5. The van der Waals surface area contributed by atoms with Crippen molar-refractivity contribution in [3.8, 4) is 0 Å². The van der Waals surface area contributed by atoms with Crippen LogP contribution in [0.2, 0.25) is 0 Å². The summed E-state index contributed by atoms with van der Waals surface area (Å²) in [5.74, 6) is -0.209. The first-order valence-corrected chi connectivity index (χ1v) is 7.60. The molecule has 1 aliphatic carbocycles. The molecule has 0 saturated heterocycles. The Hall–Kier alpha value is -0.990. The Morgan fingerprint density at radius 2 is 1.52 bits per heavy atom. The molecule has 0 aliphatic heterocycles. The first kappa shape index (κ1) is 20.1. The van der Waals surface area contributed by atoms with Crippen LogP contribution in [0.15, 0.2) is 0 Å². The van der Waals surface area contributed by atoms with Gasteiger partial charge >= 0.3 is 12.4 Å². The molecule has 1 amide bonds. The predicted molar refractivity (Wildman–Crippen MR) is 70.5 cm³/mol. The van der Waals surface area contributed by atoms with Gasteiger partial charge in [-0.05, 0) is 12.3 Å². The number of hydrogen-bond donors (Lipinski definition) is 2. The second-order valence-corrected chi connectivity index (χ2v) is 6.00. The lowest BCUT2D eigenvalue weighted by Gasteiger charge is -2.32.